The number of carbonyl (C=O) groups is 2. The second-order valence-electron chi connectivity index (χ2n) is 8.66. The summed E-state index contributed by atoms with van der Waals surface area (Å²) in [7, 11) is 0. The molecule has 6 atom stereocenters. The predicted molar refractivity (Wildman–Crippen MR) is 97.5 cm³/mol. The third-order valence-electron chi connectivity index (χ3n) is 7.27. The van der Waals surface area contributed by atoms with Crippen LogP contribution in [-0.4, -0.2) is 23.5 Å². The minimum atomic E-state index is -0.862. The van der Waals surface area contributed by atoms with Crippen LogP contribution in [0.3, 0.4) is 0 Å². The summed E-state index contributed by atoms with van der Waals surface area (Å²) in [6.45, 7) is 6.05. The fourth-order valence-electron chi connectivity index (χ4n) is 6.30. The van der Waals surface area contributed by atoms with E-state index in [0.29, 0.717) is 12.3 Å². The molecule has 1 aromatic rings. The van der Waals surface area contributed by atoms with E-state index >= 15 is 0 Å². The van der Waals surface area contributed by atoms with Crippen molar-refractivity contribution in [2.24, 2.45) is 22.7 Å². The third kappa shape index (κ3) is 2.24. The zero-order valence-corrected chi connectivity index (χ0v) is 15.2. The number of ether oxygens (including phenoxy) is 1. The largest absolute Gasteiger partial charge is 0.481 e. The Kier molecular flexibility index (Phi) is 3.88. The molecular weight excluding hydrogens is 328 g/mol. The van der Waals surface area contributed by atoms with Crippen molar-refractivity contribution in [3.63, 3.8) is 0 Å². The lowest BCUT2D eigenvalue weighted by Crippen LogP contribution is -2.52. The molecule has 2 saturated heterocycles. The van der Waals surface area contributed by atoms with Gasteiger partial charge in [-0.05, 0) is 42.6 Å². The van der Waals surface area contributed by atoms with Gasteiger partial charge in [0.2, 0.25) is 0 Å². The van der Waals surface area contributed by atoms with Crippen LogP contribution in [0.1, 0.15) is 44.6 Å². The predicted octanol–water partition coefficient (Wildman–Crippen LogP) is 3.95. The fraction of sp³-hybridized carbons (Fsp3) is 0.545. The number of aldehydes is 1. The van der Waals surface area contributed by atoms with Crippen LogP contribution in [0.5, 0.6) is 0 Å². The Morgan fingerprint density at radius 1 is 1.42 bits per heavy atom. The molecule has 26 heavy (non-hydrogen) atoms. The molecule has 2 saturated carbocycles. The van der Waals surface area contributed by atoms with Crippen LogP contribution in [0.2, 0.25) is 0 Å². The number of rotatable bonds is 7. The van der Waals surface area contributed by atoms with Gasteiger partial charge in [-0.2, -0.15) is 0 Å². The summed E-state index contributed by atoms with van der Waals surface area (Å²) in [5.74, 6) is -0.446. The molecule has 4 aliphatic rings. The van der Waals surface area contributed by atoms with Gasteiger partial charge in [-0.1, -0.05) is 43.3 Å². The number of carboxylic acid groups (broad SMARTS) is 1. The van der Waals surface area contributed by atoms with Crippen molar-refractivity contribution in [3.8, 4) is 0 Å². The first-order valence-electron chi connectivity index (χ1n) is 9.44. The second kappa shape index (κ2) is 5.78. The van der Waals surface area contributed by atoms with Crippen molar-refractivity contribution >= 4 is 12.3 Å². The quantitative estimate of drug-likeness (QED) is 0.595. The highest BCUT2D eigenvalue weighted by atomic mass is 16.5. The summed E-state index contributed by atoms with van der Waals surface area (Å²) in [4.78, 5) is 23.2. The van der Waals surface area contributed by atoms with Gasteiger partial charge in [-0.25, -0.2) is 0 Å². The number of carbonyl (C=O) groups excluding carboxylic acids is 1. The standard InChI is InChI=1S/C22H26O4/c1-3-21-12-16-11-17(19(21)20(2,14-23)10-9-18(24)25)26-22(16,13-21)15-7-5-4-6-8-15/h3-8,14,16-17,19H,1,9-13H2,2H3,(H,24,25)/t16?,17?,19?,20-,21?,22?/m1/s1. The lowest BCUT2D eigenvalue weighted by atomic mass is 9.55. The highest BCUT2D eigenvalue weighted by Gasteiger charge is 2.71. The number of hydrogen-bond donors (Lipinski definition) is 1. The highest BCUT2D eigenvalue weighted by molar-refractivity contribution is 5.68. The molecule has 0 amide bonds. The summed E-state index contributed by atoms with van der Waals surface area (Å²) in [6.07, 6.45) is 6.05. The molecule has 0 spiro atoms. The van der Waals surface area contributed by atoms with Gasteiger partial charge in [0.25, 0.3) is 0 Å². The maximum atomic E-state index is 12.1. The summed E-state index contributed by atoms with van der Waals surface area (Å²) in [5, 5.41) is 9.12. The van der Waals surface area contributed by atoms with E-state index in [4.69, 9.17) is 9.84 Å². The first-order valence-corrected chi connectivity index (χ1v) is 9.44. The maximum Gasteiger partial charge on any atom is 0.303 e. The van der Waals surface area contributed by atoms with E-state index in [9.17, 15) is 9.59 Å². The molecule has 138 valence electrons. The van der Waals surface area contributed by atoms with Crippen LogP contribution in [0.15, 0.2) is 43.0 Å². The summed E-state index contributed by atoms with van der Waals surface area (Å²) in [5.41, 5.74) is 0.0476. The molecule has 1 aromatic carbocycles. The van der Waals surface area contributed by atoms with Gasteiger partial charge in [-0.3, -0.25) is 4.79 Å². The van der Waals surface area contributed by atoms with E-state index in [-0.39, 0.29) is 29.5 Å². The Balaban J connectivity index is 1.72. The highest BCUT2D eigenvalue weighted by Crippen LogP contribution is 2.72. The number of allylic oxidation sites excluding steroid dienone is 1. The minimum absolute atomic E-state index is 0.00105. The normalized spacial score (nSPS) is 39.5. The average Bonchev–Trinajstić information content (AvgIpc) is 3.07. The van der Waals surface area contributed by atoms with Crippen LogP contribution in [0.4, 0.5) is 0 Å². The summed E-state index contributed by atoms with van der Waals surface area (Å²) in [6, 6.07) is 10.4. The number of aliphatic carboxylic acids is 1. The van der Waals surface area contributed by atoms with E-state index in [1.807, 2.05) is 31.2 Å². The van der Waals surface area contributed by atoms with Crippen molar-refractivity contribution in [2.45, 2.75) is 50.7 Å². The Morgan fingerprint density at radius 3 is 2.77 bits per heavy atom. The number of carboxylic acids is 1. The Morgan fingerprint density at radius 2 is 2.15 bits per heavy atom. The first kappa shape index (κ1) is 17.5. The van der Waals surface area contributed by atoms with E-state index in [0.717, 1.165) is 25.5 Å². The molecule has 4 nitrogen and oxygen atoms in total. The topological polar surface area (TPSA) is 63.6 Å². The van der Waals surface area contributed by atoms with Crippen LogP contribution < -0.4 is 0 Å². The van der Waals surface area contributed by atoms with Crippen molar-refractivity contribution < 1.29 is 19.4 Å². The summed E-state index contributed by atoms with van der Waals surface area (Å²) >= 11 is 0. The molecule has 2 aliphatic heterocycles. The first-order chi connectivity index (χ1) is 12.4. The lowest BCUT2D eigenvalue weighted by molar-refractivity contribution is -0.169. The second-order valence-corrected chi connectivity index (χ2v) is 8.66. The fourth-order valence-corrected chi connectivity index (χ4v) is 6.30. The molecule has 5 unspecified atom stereocenters. The molecule has 4 heteroatoms. The molecule has 2 heterocycles. The molecular formula is C22H26O4. The van der Waals surface area contributed by atoms with Gasteiger partial charge in [-0.15, -0.1) is 6.58 Å². The van der Waals surface area contributed by atoms with Crippen molar-refractivity contribution in [1.82, 2.24) is 0 Å². The smallest absolute Gasteiger partial charge is 0.303 e. The minimum Gasteiger partial charge on any atom is -0.481 e. The van der Waals surface area contributed by atoms with Gasteiger partial charge in [0.05, 0.1) is 11.7 Å². The van der Waals surface area contributed by atoms with Crippen molar-refractivity contribution in [1.29, 1.82) is 0 Å². The molecule has 0 aromatic heterocycles. The molecule has 4 bridgehead atoms. The van der Waals surface area contributed by atoms with E-state index in [1.54, 1.807) is 0 Å². The van der Waals surface area contributed by atoms with Gasteiger partial charge in [0.1, 0.15) is 6.29 Å². The van der Waals surface area contributed by atoms with Crippen LogP contribution in [-0.2, 0) is 19.9 Å². The Bertz CT molecular complexity index is 744. The van der Waals surface area contributed by atoms with Crippen LogP contribution in [0.25, 0.3) is 0 Å². The summed E-state index contributed by atoms with van der Waals surface area (Å²) < 4.78 is 6.67. The van der Waals surface area contributed by atoms with Crippen molar-refractivity contribution in [3.05, 3.63) is 48.6 Å². The molecule has 5 rings (SSSR count). The zero-order valence-electron chi connectivity index (χ0n) is 15.2. The molecule has 2 aliphatic carbocycles. The van der Waals surface area contributed by atoms with Crippen LogP contribution >= 0.6 is 0 Å². The molecule has 4 fully saturated rings. The van der Waals surface area contributed by atoms with E-state index in [2.05, 4.69) is 18.7 Å². The molecule has 1 N–H and O–H groups in total. The zero-order chi connectivity index (χ0) is 18.6. The van der Waals surface area contributed by atoms with Gasteiger partial charge in [0, 0.05) is 17.8 Å². The molecule has 0 radical (unpaired) electrons. The van der Waals surface area contributed by atoms with E-state index < -0.39 is 11.4 Å². The average molecular weight is 354 g/mol. The monoisotopic (exact) mass is 354 g/mol. The third-order valence-corrected chi connectivity index (χ3v) is 7.27. The van der Waals surface area contributed by atoms with Gasteiger partial charge >= 0.3 is 5.97 Å². The van der Waals surface area contributed by atoms with Gasteiger partial charge < -0.3 is 14.6 Å². The van der Waals surface area contributed by atoms with E-state index in [1.165, 1.54) is 5.56 Å². The number of hydrogen-bond acceptors (Lipinski definition) is 3. The Labute approximate surface area is 154 Å². The maximum absolute atomic E-state index is 12.1. The lowest BCUT2D eigenvalue weighted by Gasteiger charge is -2.52. The van der Waals surface area contributed by atoms with Crippen molar-refractivity contribution in [2.75, 3.05) is 0 Å². The van der Waals surface area contributed by atoms with Gasteiger partial charge in [0.15, 0.2) is 0 Å². The Hall–Kier alpha value is -1.94. The SMILES string of the molecule is C=CC12CC3CC(OC3(c3ccccc3)C1)C2[C@@](C)(C=O)CCC(=O)O. The number of benzene rings is 1. The van der Waals surface area contributed by atoms with Crippen LogP contribution in [0, 0.1) is 22.7 Å².